The van der Waals surface area contributed by atoms with E-state index in [1.807, 2.05) is 28.8 Å². The molecule has 2 heterocycles. The van der Waals surface area contributed by atoms with Gasteiger partial charge in [0.2, 0.25) is 10.0 Å². The van der Waals surface area contributed by atoms with Crippen molar-refractivity contribution in [1.82, 2.24) is 14.1 Å². The zero-order valence-corrected chi connectivity index (χ0v) is 11.7. The summed E-state index contributed by atoms with van der Waals surface area (Å²) in [5.41, 5.74) is 0.897. The minimum absolute atomic E-state index is 0.120. The largest absolute Gasteiger partial charge is 0.294 e. The summed E-state index contributed by atoms with van der Waals surface area (Å²) < 4.78 is 27.0. The van der Waals surface area contributed by atoms with Crippen LogP contribution in [0, 0.1) is 0 Å². The monoisotopic (exact) mass is 285 g/mol. The molecule has 0 aliphatic rings. The molecule has 0 saturated carbocycles. The van der Waals surface area contributed by atoms with E-state index >= 15 is 0 Å². The van der Waals surface area contributed by atoms with Crippen molar-refractivity contribution in [2.75, 3.05) is 18.1 Å². The van der Waals surface area contributed by atoms with Crippen molar-refractivity contribution < 1.29 is 8.42 Å². The second-order valence-electron chi connectivity index (χ2n) is 3.67. The molecular formula is C11H15N3O2S2. The van der Waals surface area contributed by atoms with E-state index < -0.39 is 10.0 Å². The fraction of sp³-hybridized carbons (Fsp3) is 0.364. The lowest BCUT2D eigenvalue weighted by Crippen LogP contribution is -2.27. The third-order valence-electron chi connectivity index (χ3n) is 2.44. The van der Waals surface area contributed by atoms with Crippen LogP contribution >= 0.6 is 11.8 Å². The number of sulfonamides is 1. The molecule has 0 unspecified atom stereocenters. The Hall–Kier alpha value is -1.05. The van der Waals surface area contributed by atoms with Gasteiger partial charge in [-0.2, -0.15) is 0 Å². The number of pyridine rings is 1. The van der Waals surface area contributed by atoms with Crippen molar-refractivity contribution >= 4 is 27.4 Å². The number of fused-ring (bicyclic) bond motifs is 1. The van der Waals surface area contributed by atoms with Crippen molar-refractivity contribution in [2.45, 2.75) is 11.9 Å². The minimum Gasteiger partial charge on any atom is -0.294 e. The molecule has 0 aliphatic heterocycles. The highest BCUT2D eigenvalue weighted by molar-refractivity contribution is 7.99. The number of aromatic nitrogens is 2. The molecule has 0 atom stereocenters. The highest BCUT2D eigenvalue weighted by Crippen LogP contribution is 2.18. The molecule has 0 aliphatic carbocycles. The molecule has 2 aromatic rings. The van der Waals surface area contributed by atoms with Crippen LogP contribution in [-0.4, -0.2) is 35.9 Å². The van der Waals surface area contributed by atoms with Gasteiger partial charge in [-0.15, -0.1) is 11.8 Å². The number of nitrogens with one attached hydrogen (secondary N) is 1. The van der Waals surface area contributed by atoms with Crippen LogP contribution in [0.15, 0.2) is 35.6 Å². The maximum absolute atomic E-state index is 11.2. The second-order valence-corrected chi connectivity index (χ2v) is 6.88. The van der Waals surface area contributed by atoms with Gasteiger partial charge < -0.3 is 0 Å². The standard InChI is InChI=1S/C11H15N3O2S2/c1-2-18(15,16)13-7-9-17-11-5-3-4-10-12-6-8-14(10)11/h3-6,8,13H,2,7,9H2,1H3. The number of imidazole rings is 1. The number of rotatable bonds is 6. The summed E-state index contributed by atoms with van der Waals surface area (Å²) in [6.07, 6.45) is 3.65. The van der Waals surface area contributed by atoms with Gasteiger partial charge in [-0.1, -0.05) is 6.07 Å². The molecule has 0 aromatic carbocycles. The van der Waals surface area contributed by atoms with E-state index in [9.17, 15) is 8.42 Å². The number of nitrogens with zero attached hydrogens (tertiary/aromatic N) is 2. The highest BCUT2D eigenvalue weighted by atomic mass is 32.2. The Balaban J connectivity index is 1.93. The second kappa shape index (κ2) is 5.73. The van der Waals surface area contributed by atoms with Crippen LogP contribution in [0.5, 0.6) is 0 Å². The molecule has 0 fully saturated rings. The molecule has 5 nitrogen and oxygen atoms in total. The van der Waals surface area contributed by atoms with Crippen LogP contribution < -0.4 is 4.72 Å². The Morgan fingerprint density at radius 1 is 1.44 bits per heavy atom. The Morgan fingerprint density at radius 3 is 3.06 bits per heavy atom. The number of thioether (sulfide) groups is 1. The van der Waals surface area contributed by atoms with Gasteiger partial charge in [-0.05, 0) is 19.1 Å². The molecule has 98 valence electrons. The third-order valence-corrected chi connectivity index (χ3v) is 4.89. The first-order valence-corrected chi connectivity index (χ1v) is 8.28. The Labute approximate surface area is 111 Å². The summed E-state index contributed by atoms with van der Waals surface area (Å²) in [5.74, 6) is 0.811. The predicted molar refractivity (Wildman–Crippen MR) is 73.4 cm³/mol. The highest BCUT2D eigenvalue weighted by Gasteiger charge is 2.05. The topological polar surface area (TPSA) is 63.5 Å². The lowest BCUT2D eigenvalue weighted by atomic mass is 10.5. The Morgan fingerprint density at radius 2 is 2.28 bits per heavy atom. The van der Waals surface area contributed by atoms with Crippen LogP contribution in [-0.2, 0) is 10.0 Å². The molecule has 0 spiro atoms. The average Bonchev–Trinajstić information content (AvgIpc) is 2.83. The molecule has 0 amide bonds. The summed E-state index contributed by atoms with van der Waals surface area (Å²) in [4.78, 5) is 4.20. The van der Waals surface area contributed by atoms with Gasteiger partial charge in [0.15, 0.2) is 0 Å². The van der Waals surface area contributed by atoms with Gasteiger partial charge in [-0.3, -0.25) is 4.40 Å². The van der Waals surface area contributed by atoms with Crippen LogP contribution in [0.4, 0.5) is 0 Å². The molecule has 1 N–H and O–H groups in total. The SMILES string of the molecule is CCS(=O)(=O)NCCSc1cccc2nccn12. The maximum Gasteiger partial charge on any atom is 0.211 e. The first kappa shape index (κ1) is 13.4. The van der Waals surface area contributed by atoms with Crippen molar-refractivity contribution in [2.24, 2.45) is 0 Å². The zero-order chi connectivity index (χ0) is 13.0. The van der Waals surface area contributed by atoms with E-state index in [0.29, 0.717) is 12.3 Å². The lowest BCUT2D eigenvalue weighted by molar-refractivity contribution is 0.585. The van der Waals surface area contributed by atoms with Crippen LogP contribution in [0.1, 0.15) is 6.92 Å². The smallest absolute Gasteiger partial charge is 0.211 e. The molecule has 7 heteroatoms. The van der Waals surface area contributed by atoms with Gasteiger partial charge in [0, 0.05) is 24.7 Å². The Kier molecular flexibility index (Phi) is 4.26. The van der Waals surface area contributed by atoms with Crippen molar-refractivity contribution in [3.05, 3.63) is 30.6 Å². The molecule has 18 heavy (non-hydrogen) atoms. The molecule has 0 bridgehead atoms. The van der Waals surface area contributed by atoms with Crippen molar-refractivity contribution in [3.8, 4) is 0 Å². The van der Waals surface area contributed by atoms with E-state index in [-0.39, 0.29) is 5.75 Å². The van der Waals surface area contributed by atoms with Gasteiger partial charge in [0.05, 0.1) is 10.8 Å². The summed E-state index contributed by atoms with van der Waals surface area (Å²) in [5, 5.41) is 1.06. The Bertz CT molecular complexity index is 622. The molecule has 0 saturated heterocycles. The van der Waals surface area contributed by atoms with Crippen LogP contribution in [0.3, 0.4) is 0 Å². The van der Waals surface area contributed by atoms with Crippen molar-refractivity contribution in [3.63, 3.8) is 0 Å². The molecule has 2 aromatic heterocycles. The summed E-state index contributed by atoms with van der Waals surface area (Å²) in [6.45, 7) is 2.06. The van der Waals surface area contributed by atoms with E-state index in [0.717, 1.165) is 10.7 Å². The summed E-state index contributed by atoms with van der Waals surface area (Å²) in [6, 6.07) is 5.87. The summed E-state index contributed by atoms with van der Waals surface area (Å²) in [7, 11) is -3.09. The third kappa shape index (κ3) is 3.24. The first-order chi connectivity index (χ1) is 8.62. The molecule has 2 rings (SSSR count). The van der Waals surface area contributed by atoms with Gasteiger partial charge in [0.25, 0.3) is 0 Å². The molecular weight excluding hydrogens is 270 g/mol. The molecule has 0 radical (unpaired) electrons. The van der Waals surface area contributed by atoms with Crippen LogP contribution in [0.2, 0.25) is 0 Å². The quantitative estimate of drug-likeness (QED) is 0.643. The van der Waals surface area contributed by atoms with E-state index in [1.165, 1.54) is 0 Å². The summed E-state index contributed by atoms with van der Waals surface area (Å²) >= 11 is 1.60. The fourth-order valence-electron chi connectivity index (χ4n) is 1.49. The average molecular weight is 285 g/mol. The number of hydrogen-bond acceptors (Lipinski definition) is 4. The fourth-order valence-corrected chi connectivity index (χ4v) is 3.12. The predicted octanol–water partition coefficient (Wildman–Crippen LogP) is 1.37. The first-order valence-electron chi connectivity index (χ1n) is 5.64. The normalized spacial score (nSPS) is 12.1. The minimum atomic E-state index is -3.09. The van der Waals surface area contributed by atoms with Gasteiger partial charge in [0.1, 0.15) is 5.65 Å². The lowest BCUT2D eigenvalue weighted by Gasteiger charge is -2.06. The van der Waals surface area contributed by atoms with E-state index in [4.69, 9.17) is 0 Å². The van der Waals surface area contributed by atoms with Gasteiger partial charge in [-0.25, -0.2) is 18.1 Å². The van der Waals surface area contributed by atoms with E-state index in [1.54, 1.807) is 24.9 Å². The maximum atomic E-state index is 11.2. The zero-order valence-electron chi connectivity index (χ0n) is 10.0. The van der Waals surface area contributed by atoms with Crippen LogP contribution in [0.25, 0.3) is 5.65 Å². The number of hydrogen-bond donors (Lipinski definition) is 1. The van der Waals surface area contributed by atoms with Gasteiger partial charge >= 0.3 is 0 Å². The van der Waals surface area contributed by atoms with Crippen molar-refractivity contribution in [1.29, 1.82) is 0 Å². The van der Waals surface area contributed by atoms with E-state index in [2.05, 4.69) is 9.71 Å².